The fraction of sp³-hybridized carbons (Fsp3) is 0.818. The molecule has 1 fully saturated rings. The van der Waals surface area contributed by atoms with Crippen LogP contribution in [-0.4, -0.2) is 30.6 Å². The zero-order valence-corrected chi connectivity index (χ0v) is 10.0. The van der Waals surface area contributed by atoms with Crippen LogP contribution in [0.5, 0.6) is 0 Å². The van der Waals surface area contributed by atoms with Crippen molar-refractivity contribution in [2.75, 3.05) is 6.54 Å². The molecule has 1 aliphatic rings. The van der Waals surface area contributed by atoms with E-state index in [0.29, 0.717) is 12.6 Å². The van der Waals surface area contributed by atoms with Crippen LogP contribution in [0.4, 0.5) is 4.79 Å². The normalized spacial score (nSPS) is 17.1. The van der Waals surface area contributed by atoms with E-state index < -0.39 is 6.04 Å². The second-order valence-electron chi connectivity index (χ2n) is 4.26. The van der Waals surface area contributed by atoms with Gasteiger partial charge in [0.15, 0.2) is 0 Å². The molecule has 0 spiro atoms. The van der Waals surface area contributed by atoms with Gasteiger partial charge in [-0.1, -0.05) is 6.92 Å². The maximum atomic E-state index is 11.5. The Balaban J connectivity index is 2.18. The van der Waals surface area contributed by atoms with Gasteiger partial charge in [-0.25, -0.2) is 4.79 Å². The summed E-state index contributed by atoms with van der Waals surface area (Å²) in [6.07, 6.45) is 4.16. The average Bonchev–Trinajstić information content (AvgIpc) is 2.20. The lowest BCUT2D eigenvalue weighted by Gasteiger charge is -2.27. The van der Waals surface area contributed by atoms with Crippen LogP contribution in [-0.2, 0) is 4.79 Å². The van der Waals surface area contributed by atoms with E-state index in [4.69, 9.17) is 0 Å². The first-order chi connectivity index (χ1) is 7.63. The van der Waals surface area contributed by atoms with Gasteiger partial charge in [0, 0.05) is 12.6 Å². The van der Waals surface area contributed by atoms with Crippen LogP contribution in [0.2, 0.25) is 0 Å². The van der Waals surface area contributed by atoms with E-state index in [1.165, 1.54) is 6.42 Å². The van der Waals surface area contributed by atoms with Crippen LogP contribution in [0.1, 0.15) is 39.5 Å². The standard InChI is InChI=1S/C11H21N3O2/c1-3-7-12-10(15)8(2)13-11(16)14-9-5-4-6-9/h8-9H,3-7H2,1-2H3,(H,12,15)(H2,13,14,16). The van der Waals surface area contributed by atoms with Crippen LogP contribution in [0.3, 0.4) is 0 Å². The highest BCUT2D eigenvalue weighted by atomic mass is 16.2. The predicted molar refractivity (Wildman–Crippen MR) is 62.1 cm³/mol. The molecule has 5 nitrogen and oxygen atoms in total. The van der Waals surface area contributed by atoms with Crippen LogP contribution in [0.25, 0.3) is 0 Å². The Bertz CT molecular complexity index is 252. The number of hydrogen-bond donors (Lipinski definition) is 3. The van der Waals surface area contributed by atoms with Crippen LogP contribution >= 0.6 is 0 Å². The lowest BCUT2D eigenvalue weighted by Crippen LogP contribution is -2.51. The molecule has 3 amide bonds. The van der Waals surface area contributed by atoms with Gasteiger partial charge in [-0.05, 0) is 32.6 Å². The summed E-state index contributed by atoms with van der Waals surface area (Å²) in [5.74, 6) is -0.134. The van der Waals surface area contributed by atoms with Crippen molar-refractivity contribution >= 4 is 11.9 Å². The fourth-order valence-corrected chi connectivity index (χ4v) is 1.44. The zero-order chi connectivity index (χ0) is 12.0. The summed E-state index contributed by atoms with van der Waals surface area (Å²) in [6, 6.07) is -0.429. The number of amides is 3. The third-order valence-electron chi connectivity index (χ3n) is 2.73. The zero-order valence-electron chi connectivity index (χ0n) is 10.0. The molecular formula is C11H21N3O2. The van der Waals surface area contributed by atoms with Gasteiger partial charge < -0.3 is 16.0 Å². The Labute approximate surface area is 96.4 Å². The van der Waals surface area contributed by atoms with E-state index in [0.717, 1.165) is 19.3 Å². The first kappa shape index (κ1) is 12.8. The van der Waals surface area contributed by atoms with Crippen molar-refractivity contribution in [1.29, 1.82) is 0 Å². The SMILES string of the molecule is CCCNC(=O)C(C)NC(=O)NC1CCC1. The molecule has 1 atom stereocenters. The molecule has 0 aromatic carbocycles. The van der Waals surface area contributed by atoms with E-state index in [2.05, 4.69) is 16.0 Å². The summed E-state index contributed by atoms with van der Waals surface area (Å²) < 4.78 is 0. The molecule has 5 heteroatoms. The van der Waals surface area contributed by atoms with Gasteiger partial charge in [0.1, 0.15) is 6.04 Å². The molecule has 1 aliphatic carbocycles. The lowest BCUT2D eigenvalue weighted by molar-refractivity contribution is -0.122. The summed E-state index contributed by atoms with van der Waals surface area (Å²) in [4.78, 5) is 22.9. The Morgan fingerprint density at radius 2 is 2.06 bits per heavy atom. The Kier molecular flexibility index (Phi) is 5.08. The van der Waals surface area contributed by atoms with Crippen molar-refractivity contribution in [3.63, 3.8) is 0 Å². The molecule has 0 aliphatic heterocycles. The molecule has 1 unspecified atom stereocenters. The van der Waals surface area contributed by atoms with Crippen molar-refractivity contribution in [1.82, 2.24) is 16.0 Å². The largest absolute Gasteiger partial charge is 0.354 e. The molecule has 1 rings (SSSR count). The highest BCUT2D eigenvalue weighted by molar-refractivity contribution is 5.86. The Morgan fingerprint density at radius 3 is 2.56 bits per heavy atom. The summed E-state index contributed by atoms with van der Waals surface area (Å²) in [6.45, 7) is 4.32. The smallest absolute Gasteiger partial charge is 0.315 e. The molecule has 0 bridgehead atoms. The molecule has 0 saturated heterocycles. The van der Waals surface area contributed by atoms with Crippen molar-refractivity contribution in [2.45, 2.75) is 51.6 Å². The molecular weight excluding hydrogens is 206 g/mol. The number of nitrogens with one attached hydrogen (secondary N) is 3. The van der Waals surface area contributed by atoms with Gasteiger partial charge in [-0.15, -0.1) is 0 Å². The number of carbonyl (C=O) groups is 2. The number of hydrogen-bond acceptors (Lipinski definition) is 2. The molecule has 16 heavy (non-hydrogen) atoms. The number of urea groups is 1. The molecule has 0 aromatic rings. The van der Waals surface area contributed by atoms with Crippen molar-refractivity contribution < 1.29 is 9.59 Å². The second kappa shape index (κ2) is 6.35. The van der Waals surface area contributed by atoms with E-state index in [1.807, 2.05) is 6.92 Å². The van der Waals surface area contributed by atoms with Gasteiger partial charge in [-0.3, -0.25) is 4.79 Å². The Hall–Kier alpha value is -1.26. The lowest BCUT2D eigenvalue weighted by atomic mass is 9.93. The van der Waals surface area contributed by atoms with Crippen molar-refractivity contribution in [2.24, 2.45) is 0 Å². The minimum absolute atomic E-state index is 0.134. The number of rotatable bonds is 5. The van der Waals surface area contributed by atoms with Gasteiger partial charge in [-0.2, -0.15) is 0 Å². The molecule has 3 N–H and O–H groups in total. The first-order valence-electron chi connectivity index (χ1n) is 5.98. The first-order valence-corrected chi connectivity index (χ1v) is 5.98. The maximum Gasteiger partial charge on any atom is 0.315 e. The maximum absolute atomic E-state index is 11.5. The highest BCUT2D eigenvalue weighted by Crippen LogP contribution is 2.17. The quantitative estimate of drug-likeness (QED) is 0.648. The van der Waals surface area contributed by atoms with Gasteiger partial charge in [0.2, 0.25) is 5.91 Å². The monoisotopic (exact) mass is 227 g/mol. The summed E-state index contributed by atoms with van der Waals surface area (Å²) >= 11 is 0. The third-order valence-corrected chi connectivity index (χ3v) is 2.73. The van der Waals surface area contributed by atoms with Crippen LogP contribution < -0.4 is 16.0 Å². The predicted octanol–water partition coefficient (Wildman–Crippen LogP) is 0.753. The van der Waals surface area contributed by atoms with Gasteiger partial charge >= 0.3 is 6.03 Å². The molecule has 0 aromatic heterocycles. The van der Waals surface area contributed by atoms with Gasteiger partial charge in [0.05, 0.1) is 0 Å². The van der Waals surface area contributed by atoms with E-state index in [-0.39, 0.29) is 11.9 Å². The van der Waals surface area contributed by atoms with Gasteiger partial charge in [0.25, 0.3) is 0 Å². The fourth-order valence-electron chi connectivity index (χ4n) is 1.44. The molecule has 1 saturated carbocycles. The molecule has 92 valence electrons. The van der Waals surface area contributed by atoms with Crippen LogP contribution in [0.15, 0.2) is 0 Å². The van der Waals surface area contributed by atoms with Crippen LogP contribution in [0, 0.1) is 0 Å². The Morgan fingerprint density at radius 1 is 1.38 bits per heavy atom. The topological polar surface area (TPSA) is 70.2 Å². The van der Waals surface area contributed by atoms with Crippen molar-refractivity contribution in [3.05, 3.63) is 0 Å². The molecule has 0 radical (unpaired) electrons. The number of carbonyl (C=O) groups excluding carboxylic acids is 2. The third kappa shape index (κ3) is 4.08. The highest BCUT2D eigenvalue weighted by Gasteiger charge is 2.21. The van der Waals surface area contributed by atoms with E-state index in [1.54, 1.807) is 6.92 Å². The molecule has 0 heterocycles. The summed E-state index contributed by atoms with van der Waals surface area (Å²) in [7, 11) is 0. The summed E-state index contributed by atoms with van der Waals surface area (Å²) in [5, 5.41) is 8.19. The second-order valence-corrected chi connectivity index (χ2v) is 4.26. The minimum Gasteiger partial charge on any atom is -0.354 e. The minimum atomic E-state index is -0.480. The van der Waals surface area contributed by atoms with E-state index >= 15 is 0 Å². The average molecular weight is 227 g/mol. The summed E-state index contributed by atoms with van der Waals surface area (Å²) in [5.41, 5.74) is 0. The van der Waals surface area contributed by atoms with Crippen molar-refractivity contribution in [3.8, 4) is 0 Å². The van der Waals surface area contributed by atoms with E-state index in [9.17, 15) is 9.59 Å².